The van der Waals surface area contributed by atoms with E-state index in [-0.39, 0.29) is 19.4 Å². The fourth-order valence-corrected chi connectivity index (χ4v) is 7.27. The fourth-order valence-electron chi connectivity index (χ4n) is 6.48. The van der Waals surface area contributed by atoms with Crippen LogP contribution in [0.1, 0.15) is 206 Å². The van der Waals surface area contributed by atoms with Gasteiger partial charge in [0.1, 0.15) is 12.7 Å². The first-order valence-electron chi connectivity index (χ1n) is 23.6. The second-order valence-electron chi connectivity index (χ2n) is 15.9. The number of carbonyl (C=O) groups is 2. The molecule has 11 heteroatoms. The van der Waals surface area contributed by atoms with Crippen molar-refractivity contribution in [2.75, 3.05) is 26.4 Å². The predicted molar refractivity (Wildman–Crippen MR) is 242 cm³/mol. The molecule has 3 atom stereocenters. The molecule has 0 aliphatic carbocycles. The van der Waals surface area contributed by atoms with Gasteiger partial charge in [-0.15, -0.1) is 0 Å². The van der Waals surface area contributed by atoms with Gasteiger partial charge in [0.25, 0.3) is 0 Å². The number of rotatable bonds is 44. The van der Waals surface area contributed by atoms with E-state index < -0.39 is 51.8 Å². The summed E-state index contributed by atoms with van der Waals surface area (Å²) in [6.45, 7) is 2.24. The third-order valence-corrected chi connectivity index (χ3v) is 11.0. The van der Waals surface area contributed by atoms with Crippen LogP contribution in [0.2, 0.25) is 0 Å². The average Bonchev–Trinajstić information content (AvgIpc) is 3.22. The van der Waals surface area contributed by atoms with Crippen molar-refractivity contribution in [1.29, 1.82) is 0 Å². The number of aliphatic hydroxyl groups excluding tert-OH is 2. The quantitative estimate of drug-likeness (QED) is 0.0234. The molecule has 0 spiro atoms. The highest BCUT2D eigenvalue weighted by Crippen LogP contribution is 2.43. The minimum absolute atomic E-state index is 0.181. The molecule has 0 aromatic rings. The van der Waals surface area contributed by atoms with Crippen LogP contribution in [0.5, 0.6) is 0 Å². The molecule has 3 N–H and O–H groups in total. The van der Waals surface area contributed by atoms with Crippen LogP contribution in [0.3, 0.4) is 0 Å². The van der Waals surface area contributed by atoms with Gasteiger partial charge in [-0.3, -0.25) is 18.6 Å². The molecule has 0 fully saturated rings. The lowest BCUT2D eigenvalue weighted by Gasteiger charge is -2.20. The van der Waals surface area contributed by atoms with E-state index in [1.165, 1.54) is 109 Å². The molecular formula is C48H87O10P. The topological polar surface area (TPSA) is 149 Å². The monoisotopic (exact) mass is 855 g/mol. The van der Waals surface area contributed by atoms with Gasteiger partial charge in [-0.1, -0.05) is 210 Å². The molecule has 0 aliphatic heterocycles. The van der Waals surface area contributed by atoms with Crippen LogP contribution >= 0.6 is 7.82 Å². The molecule has 0 saturated heterocycles. The van der Waals surface area contributed by atoms with Crippen molar-refractivity contribution in [3.8, 4) is 0 Å². The van der Waals surface area contributed by atoms with Gasteiger partial charge in [-0.25, -0.2) is 4.57 Å². The predicted octanol–water partition coefficient (Wildman–Crippen LogP) is 12.9. The smallest absolute Gasteiger partial charge is 0.462 e. The van der Waals surface area contributed by atoms with Crippen LogP contribution in [0.25, 0.3) is 0 Å². The Hall–Kier alpha value is -2.07. The van der Waals surface area contributed by atoms with Crippen LogP contribution in [-0.4, -0.2) is 65.7 Å². The summed E-state index contributed by atoms with van der Waals surface area (Å²) in [6, 6.07) is 0. The Morgan fingerprint density at radius 3 is 1.41 bits per heavy atom. The summed E-state index contributed by atoms with van der Waals surface area (Å²) in [5.41, 5.74) is 0. The van der Waals surface area contributed by atoms with Gasteiger partial charge in [-0.2, -0.15) is 0 Å². The third kappa shape index (κ3) is 43.8. The zero-order valence-corrected chi connectivity index (χ0v) is 38.4. The van der Waals surface area contributed by atoms with E-state index in [0.29, 0.717) is 12.8 Å². The van der Waals surface area contributed by atoms with Gasteiger partial charge in [0.05, 0.1) is 19.8 Å². The zero-order valence-electron chi connectivity index (χ0n) is 37.5. The Balaban J connectivity index is 4.22. The standard InChI is InChI=1S/C48H87O10P/c1-3-5-7-9-11-13-15-17-19-20-21-22-23-24-26-28-30-32-34-36-38-40-48(52)58-46(44-57-59(53,54)56-42-45(50)41-49)43-55-47(51)39-37-35-33-31-29-27-25-18-16-14-12-10-8-6-4-2/h6,8,10,12,14,16,18,25,45-46,49-50H,3-5,7,9,11,13,15,17,19-24,26-44H2,1-2H3,(H,53,54)/b8-6+,12-10+,16-14+,25-18+/t45-,46+/m0/s1. The normalized spacial score (nSPS) is 14.2. The number of phosphoric ester groups is 1. The van der Waals surface area contributed by atoms with E-state index in [1.54, 1.807) is 0 Å². The third-order valence-electron chi connectivity index (χ3n) is 10.1. The van der Waals surface area contributed by atoms with Crippen molar-refractivity contribution in [3.63, 3.8) is 0 Å². The molecular weight excluding hydrogens is 767 g/mol. The molecule has 0 rings (SSSR count). The second-order valence-corrected chi connectivity index (χ2v) is 17.3. The van der Waals surface area contributed by atoms with E-state index in [1.807, 2.05) is 30.4 Å². The Morgan fingerprint density at radius 2 is 0.932 bits per heavy atom. The first-order valence-corrected chi connectivity index (χ1v) is 25.1. The van der Waals surface area contributed by atoms with Crippen molar-refractivity contribution in [2.45, 2.75) is 219 Å². The van der Waals surface area contributed by atoms with Crippen molar-refractivity contribution in [2.24, 2.45) is 0 Å². The molecule has 0 saturated carbocycles. The molecule has 0 aromatic carbocycles. The van der Waals surface area contributed by atoms with Crippen molar-refractivity contribution in [3.05, 3.63) is 48.6 Å². The molecule has 10 nitrogen and oxygen atoms in total. The fraction of sp³-hybridized carbons (Fsp3) is 0.792. The lowest BCUT2D eigenvalue weighted by Crippen LogP contribution is -2.29. The van der Waals surface area contributed by atoms with E-state index >= 15 is 0 Å². The highest BCUT2D eigenvalue weighted by atomic mass is 31.2. The van der Waals surface area contributed by atoms with Gasteiger partial charge in [0, 0.05) is 12.8 Å². The number of aliphatic hydroxyl groups is 2. The summed E-state index contributed by atoms with van der Waals surface area (Å²) in [5.74, 6) is -0.946. The van der Waals surface area contributed by atoms with E-state index in [2.05, 4.69) is 32.1 Å². The van der Waals surface area contributed by atoms with Crippen molar-refractivity contribution in [1.82, 2.24) is 0 Å². The van der Waals surface area contributed by atoms with Crippen LogP contribution in [0.4, 0.5) is 0 Å². The minimum atomic E-state index is -4.63. The summed E-state index contributed by atoms with van der Waals surface area (Å²) in [6.07, 6.45) is 47.9. The van der Waals surface area contributed by atoms with Crippen LogP contribution in [-0.2, 0) is 32.7 Å². The van der Waals surface area contributed by atoms with Gasteiger partial charge >= 0.3 is 19.8 Å². The van der Waals surface area contributed by atoms with Gasteiger partial charge in [0.15, 0.2) is 6.10 Å². The molecule has 344 valence electrons. The zero-order chi connectivity index (χ0) is 43.3. The Morgan fingerprint density at radius 1 is 0.525 bits per heavy atom. The number of esters is 2. The first-order chi connectivity index (χ1) is 28.7. The number of hydrogen-bond donors (Lipinski definition) is 3. The maximum Gasteiger partial charge on any atom is 0.472 e. The Labute approximate surface area is 360 Å². The number of phosphoric acid groups is 1. The minimum Gasteiger partial charge on any atom is -0.462 e. The number of hydrogen-bond acceptors (Lipinski definition) is 9. The molecule has 0 radical (unpaired) electrons. The van der Waals surface area contributed by atoms with Gasteiger partial charge < -0.3 is 24.6 Å². The van der Waals surface area contributed by atoms with Crippen molar-refractivity contribution < 1.29 is 47.8 Å². The van der Waals surface area contributed by atoms with E-state index in [4.69, 9.17) is 23.6 Å². The molecule has 0 aliphatic rings. The molecule has 59 heavy (non-hydrogen) atoms. The molecule has 0 heterocycles. The Kier molecular flexibility index (Phi) is 42.5. The van der Waals surface area contributed by atoms with Crippen LogP contribution < -0.4 is 0 Å². The molecule has 0 aromatic heterocycles. The van der Waals surface area contributed by atoms with Gasteiger partial charge in [-0.05, 0) is 32.1 Å². The Bertz CT molecular complexity index is 1120. The number of carbonyl (C=O) groups excluding carboxylic acids is 2. The SMILES string of the molecule is CC/C=C/C=C/C=C/C=C/CCCCCCCC(=O)OC[C@H](COP(=O)(O)OC[C@@H](O)CO)OC(=O)CCCCCCCCCCCCCCCCCCCCCCC. The van der Waals surface area contributed by atoms with Crippen LogP contribution in [0.15, 0.2) is 48.6 Å². The maximum atomic E-state index is 12.7. The summed E-state index contributed by atoms with van der Waals surface area (Å²) in [5, 5.41) is 18.4. The molecule has 0 amide bonds. The van der Waals surface area contributed by atoms with Gasteiger partial charge in [0.2, 0.25) is 0 Å². The van der Waals surface area contributed by atoms with Crippen LogP contribution in [0, 0.1) is 0 Å². The van der Waals surface area contributed by atoms with E-state index in [9.17, 15) is 24.2 Å². The maximum absolute atomic E-state index is 12.7. The first kappa shape index (κ1) is 56.9. The molecule has 1 unspecified atom stereocenters. The summed E-state index contributed by atoms with van der Waals surface area (Å²) >= 11 is 0. The highest BCUT2D eigenvalue weighted by molar-refractivity contribution is 7.47. The number of allylic oxidation sites excluding steroid dienone is 8. The van der Waals surface area contributed by atoms with Crippen molar-refractivity contribution >= 4 is 19.8 Å². The summed E-state index contributed by atoms with van der Waals surface area (Å²) in [4.78, 5) is 35.1. The lowest BCUT2D eigenvalue weighted by molar-refractivity contribution is -0.161. The summed E-state index contributed by atoms with van der Waals surface area (Å²) < 4.78 is 32.8. The van der Waals surface area contributed by atoms with E-state index in [0.717, 1.165) is 57.8 Å². The lowest BCUT2D eigenvalue weighted by atomic mass is 10.0. The number of unbranched alkanes of at least 4 members (excludes halogenated alkanes) is 25. The largest absolute Gasteiger partial charge is 0.472 e. The highest BCUT2D eigenvalue weighted by Gasteiger charge is 2.27. The average molecular weight is 855 g/mol. The number of ether oxygens (including phenoxy) is 2. The second kappa shape index (κ2) is 44.0. The summed E-state index contributed by atoms with van der Waals surface area (Å²) in [7, 11) is -4.63. The molecule has 0 bridgehead atoms.